The van der Waals surface area contributed by atoms with Gasteiger partial charge in [-0.15, -0.1) is 0 Å². The molecule has 0 bridgehead atoms. The molecule has 0 spiro atoms. The second-order valence-corrected chi connectivity index (χ2v) is 16.5. The summed E-state index contributed by atoms with van der Waals surface area (Å²) in [6.45, 7) is 7.88. The van der Waals surface area contributed by atoms with Crippen molar-refractivity contribution in [2.24, 2.45) is 0 Å². The third-order valence-corrected chi connectivity index (χ3v) is 11.4. The van der Waals surface area contributed by atoms with Crippen LogP contribution in [-0.4, -0.2) is 23.9 Å². The summed E-state index contributed by atoms with van der Waals surface area (Å²) in [5.41, 5.74) is 9.21. The SMILES string of the molecule is CCCCCc1ccc(-c2ccc(C(=O)Oc3ccc(C(=O)Oc4cccc(OC(=O)c5ccc(OC(=O)c6ccc(-c7ccc(CCCCC)cc7)cc6)c(C)c5)c4)cc3C)cc2)cc1. The van der Waals surface area contributed by atoms with Crippen molar-refractivity contribution in [2.45, 2.75) is 79.1 Å². The van der Waals surface area contributed by atoms with Crippen LogP contribution >= 0.6 is 0 Å². The van der Waals surface area contributed by atoms with E-state index in [4.69, 9.17) is 18.9 Å². The molecule has 0 N–H and O–H groups in total. The number of unbranched alkanes of at least 4 members (excludes halogenated alkanes) is 4. The van der Waals surface area contributed by atoms with Crippen LogP contribution in [0.2, 0.25) is 0 Å². The fourth-order valence-electron chi connectivity index (χ4n) is 7.52. The number of hydrogen-bond donors (Lipinski definition) is 0. The van der Waals surface area contributed by atoms with Crippen LogP contribution in [-0.2, 0) is 12.8 Å². The Labute approximate surface area is 387 Å². The Hall–Kier alpha value is -7.58. The minimum Gasteiger partial charge on any atom is -0.423 e. The zero-order chi connectivity index (χ0) is 46.4. The molecule has 0 aromatic heterocycles. The zero-order valence-corrected chi connectivity index (χ0v) is 37.9. The molecule has 0 aliphatic rings. The maximum absolute atomic E-state index is 13.2. The molecule has 0 atom stereocenters. The summed E-state index contributed by atoms with van der Waals surface area (Å²) in [4.78, 5) is 52.5. The number of ether oxygens (including phenoxy) is 4. The van der Waals surface area contributed by atoms with Crippen molar-refractivity contribution < 1.29 is 38.1 Å². The molecule has 8 nitrogen and oxygen atoms in total. The van der Waals surface area contributed by atoms with E-state index in [2.05, 4.69) is 62.4 Å². The van der Waals surface area contributed by atoms with Crippen molar-refractivity contribution in [3.8, 4) is 45.3 Å². The van der Waals surface area contributed by atoms with Crippen LogP contribution in [0, 0.1) is 13.8 Å². The van der Waals surface area contributed by atoms with Crippen LogP contribution in [0.4, 0.5) is 0 Å². The first kappa shape index (κ1) is 46.4. The molecule has 0 fully saturated rings. The molecule has 0 aliphatic carbocycles. The van der Waals surface area contributed by atoms with Gasteiger partial charge in [0.25, 0.3) is 0 Å². The molecule has 0 amide bonds. The molecule has 7 aromatic rings. The van der Waals surface area contributed by atoms with Crippen LogP contribution in [0.5, 0.6) is 23.0 Å². The van der Waals surface area contributed by atoms with E-state index in [1.54, 1.807) is 80.6 Å². The quantitative estimate of drug-likeness (QED) is 0.0477. The predicted octanol–water partition coefficient (Wildman–Crippen LogP) is 14.0. The molecular weight excluding hydrogens is 825 g/mol. The summed E-state index contributed by atoms with van der Waals surface area (Å²) >= 11 is 0. The third kappa shape index (κ3) is 12.4. The van der Waals surface area contributed by atoms with Crippen molar-refractivity contribution in [3.05, 3.63) is 202 Å². The molecule has 66 heavy (non-hydrogen) atoms. The lowest BCUT2D eigenvalue weighted by molar-refractivity contribution is 0.0722. The van der Waals surface area contributed by atoms with Crippen LogP contribution in [0.1, 0.15) is 116 Å². The fourth-order valence-corrected chi connectivity index (χ4v) is 7.52. The minimum absolute atomic E-state index is 0.159. The lowest BCUT2D eigenvalue weighted by atomic mass is 10.0. The average Bonchev–Trinajstić information content (AvgIpc) is 3.33. The number of benzene rings is 7. The highest BCUT2D eigenvalue weighted by Gasteiger charge is 2.18. The normalized spacial score (nSPS) is 10.8. The van der Waals surface area contributed by atoms with Crippen molar-refractivity contribution in [3.63, 3.8) is 0 Å². The number of esters is 4. The largest absolute Gasteiger partial charge is 0.423 e. The zero-order valence-electron chi connectivity index (χ0n) is 37.9. The Kier molecular flexibility index (Phi) is 15.7. The Morgan fingerprint density at radius 2 is 0.697 bits per heavy atom. The van der Waals surface area contributed by atoms with Crippen molar-refractivity contribution in [2.75, 3.05) is 0 Å². The van der Waals surface area contributed by atoms with Gasteiger partial charge in [-0.2, -0.15) is 0 Å². The van der Waals surface area contributed by atoms with E-state index in [0.717, 1.165) is 35.1 Å². The van der Waals surface area contributed by atoms with Gasteiger partial charge in [-0.3, -0.25) is 0 Å². The maximum atomic E-state index is 13.2. The number of aryl methyl sites for hydroxylation is 4. The molecule has 0 unspecified atom stereocenters. The third-order valence-electron chi connectivity index (χ3n) is 11.4. The molecule has 0 saturated heterocycles. The Balaban J connectivity index is 0.895. The fraction of sp³-hybridized carbons (Fsp3) is 0.207. The number of carbonyl (C=O) groups is 4. The van der Waals surface area contributed by atoms with Crippen molar-refractivity contribution in [1.82, 2.24) is 0 Å². The van der Waals surface area contributed by atoms with E-state index in [-0.39, 0.29) is 22.6 Å². The van der Waals surface area contributed by atoms with Gasteiger partial charge in [0.1, 0.15) is 23.0 Å². The molecule has 0 radical (unpaired) electrons. The van der Waals surface area contributed by atoms with Gasteiger partial charge in [-0.05, 0) is 157 Å². The Morgan fingerprint density at radius 1 is 0.364 bits per heavy atom. The van der Waals surface area contributed by atoms with E-state index in [1.165, 1.54) is 67.9 Å². The smallest absolute Gasteiger partial charge is 0.343 e. The number of hydrogen-bond acceptors (Lipinski definition) is 8. The topological polar surface area (TPSA) is 105 Å². The second-order valence-electron chi connectivity index (χ2n) is 16.5. The summed E-state index contributed by atoms with van der Waals surface area (Å²) in [6.07, 6.45) is 9.36. The highest BCUT2D eigenvalue weighted by atomic mass is 16.6. The highest BCUT2D eigenvalue weighted by Crippen LogP contribution is 2.28. The molecule has 8 heteroatoms. The van der Waals surface area contributed by atoms with E-state index in [9.17, 15) is 19.2 Å². The molecular formula is C58H54O8. The molecule has 7 rings (SSSR count). The van der Waals surface area contributed by atoms with Crippen molar-refractivity contribution >= 4 is 23.9 Å². The van der Waals surface area contributed by atoms with Gasteiger partial charge in [0.2, 0.25) is 0 Å². The summed E-state index contributed by atoms with van der Waals surface area (Å²) in [5, 5.41) is 0. The van der Waals surface area contributed by atoms with Crippen molar-refractivity contribution in [1.29, 1.82) is 0 Å². The van der Waals surface area contributed by atoms with Crippen LogP contribution < -0.4 is 18.9 Å². The van der Waals surface area contributed by atoms with E-state index in [0.29, 0.717) is 33.8 Å². The molecule has 0 heterocycles. The summed E-state index contributed by atoms with van der Waals surface area (Å²) in [5.74, 6) is -1.38. The Bertz CT molecular complexity index is 2600. The van der Waals surface area contributed by atoms with Crippen LogP contribution in [0.25, 0.3) is 22.3 Å². The first-order chi connectivity index (χ1) is 32.1. The van der Waals surface area contributed by atoms with Gasteiger partial charge in [0, 0.05) is 6.07 Å². The minimum atomic E-state index is -0.650. The Morgan fingerprint density at radius 3 is 1.05 bits per heavy atom. The molecule has 0 aliphatic heterocycles. The van der Waals surface area contributed by atoms with E-state index >= 15 is 0 Å². The second kappa shape index (κ2) is 22.4. The summed E-state index contributed by atoms with van der Waals surface area (Å²) in [6, 6.07) is 47.1. The van der Waals surface area contributed by atoms with Gasteiger partial charge in [-0.25, -0.2) is 19.2 Å². The monoisotopic (exact) mass is 878 g/mol. The molecule has 7 aromatic carbocycles. The van der Waals surface area contributed by atoms with Gasteiger partial charge in [-0.1, -0.05) is 118 Å². The van der Waals surface area contributed by atoms with E-state index < -0.39 is 23.9 Å². The van der Waals surface area contributed by atoms with Gasteiger partial charge in [0.15, 0.2) is 0 Å². The lowest BCUT2D eigenvalue weighted by Gasteiger charge is -2.11. The lowest BCUT2D eigenvalue weighted by Crippen LogP contribution is -2.12. The molecule has 334 valence electrons. The summed E-state index contributed by atoms with van der Waals surface area (Å²) < 4.78 is 22.6. The van der Waals surface area contributed by atoms with Crippen LogP contribution in [0.3, 0.4) is 0 Å². The highest BCUT2D eigenvalue weighted by molar-refractivity contribution is 5.95. The predicted molar refractivity (Wildman–Crippen MR) is 259 cm³/mol. The number of rotatable bonds is 18. The first-order valence-corrected chi connectivity index (χ1v) is 22.7. The van der Waals surface area contributed by atoms with Crippen LogP contribution in [0.15, 0.2) is 158 Å². The number of carbonyl (C=O) groups excluding carboxylic acids is 4. The molecule has 0 saturated carbocycles. The first-order valence-electron chi connectivity index (χ1n) is 22.7. The van der Waals surface area contributed by atoms with E-state index in [1.807, 2.05) is 24.3 Å². The maximum Gasteiger partial charge on any atom is 0.343 e. The van der Waals surface area contributed by atoms with Gasteiger partial charge >= 0.3 is 23.9 Å². The van der Waals surface area contributed by atoms with Gasteiger partial charge < -0.3 is 18.9 Å². The van der Waals surface area contributed by atoms with Gasteiger partial charge in [0.05, 0.1) is 22.3 Å². The summed E-state index contributed by atoms with van der Waals surface area (Å²) in [7, 11) is 0. The standard InChI is InChI=1S/C58H54O8/c1-5-7-9-12-41-16-20-43(21-17-41)45-24-28-47(29-25-45)55(59)65-53-34-32-49(36-39(53)3)57(61)63-51-14-11-15-52(38-51)64-58(62)50-33-35-54(40(4)37-50)66-56(60)48-30-26-46(27-31-48)44-22-18-42(19-23-44)13-10-8-6-2/h11,14-38H,5-10,12-13H2,1-4H3. The average molecular weight is 879 g/mol.